The summed E-state index contributed by atoms with van der Waals surface area (Å²) in [6.45, 7) is 3.87. The summed E-state index contributed by atoms with van der Waals surface area (Å²) in [6, 6.07) is -0.481. The summed E-state index contributed by atoms with van der Waals surface area (Å²) in [5.41, 5.74) is 1.07. The first-order chi connectivity index (χ1) is 5.66. The summed E-state index contributed by atoms with van der Waals surface area (Å²) in [7, 11) is 2.26. The van der Waals surface area contributed by atoms with Gasteiger partial charge in [-0.15, -0.1) is 0 Å². The van der Waals surface area contributed by atoms with E-state index in [-0.39, 0.29) is 5.92 Å². The first-order valence-electron chi connectivity index (χ1n) is 4.03. The van der Waals surface area contributed by atoms with Crippen molar-refractivity contribution in [1.29, 1.82) is 0 Å². The Morgan fingerprint density at radius 3 is 2.83 bits per heavy atom. The Morgan fingerprint density at radius 1 is 1.83 bits per heavy atom. The molecule has 68 valence electrons. The predicted molar refractivity (Wildman–Crippen MR) is 50.8 cm³/mol. The second-order valence-electron chi connectivity index (χ2n) is 3.14. The van der Waals surface area contributed by atoms with Crippen molar-refractivity contribution in [3.8, 4) is 0 Å². The zero-order chi connectivity index (χ0) is 9.14. The molecule has 0 bridgehead atoms. The Bertz CT molecular complexity index is 205. The molecule has 4 heteroatoms. The van der Waals surface area contributed by atoms with Gasteiger partial charge in [0.2, 0.25) is 0 Å². The average molecular weight is 187 g/mol. The van der Waals surface area contributed by atoms with Crippen molar-refractivity contribution in [2.45, 2.75) is 25.3 Å². The van der Waals surface area contributed by atoms with E-state index in [1.165, 1.54) is 0 Å². The van der Waals surface area contributed by atoms with Gasteiger partial charge in [0, 0.05) is 5.92 Å². The molecule has 0 radical (unpaired) electrons. The molecule has 1 fully saturated rings. The monoisotopic (exact) mass is 187 g/mol. The molecule has 12 heavy (non-hydrogen) atoms. The highest BCUT2D eigenvalue weighted by atomic mass is 31.0. The zero-order valence-corrected chi connectivity index (χ0v) is 8.07. The molecule has 0 spiro atoms. The molecule has 0 amide bonds. The largest absolute Gasteiger partial charge is 0.480 e. The van der Waals surface area contributed by atoms with Crippen LogP contribution in [-0.2, 0) is 4.79 Å². The molecule has 1 unspecified atom stereocenters. The van der Waals surface area contributed by atoms with Crippen molar-refractivity contribution in [2.75, 3.05) is 0 Å². The van der Waals surface area contributed by atoms with E-state index in [1.54, 1.807) is 0 Å². The molecule has 1 aliphatic rings. The van der Waals surface area contributed by atoms with Crippen molar-refractivity contribution < 1.29 is 9.90 Å². The third-order valence-electron chi connectivity index (χ3n) is 2.39. The topological polar surface area (TPSA) is 49.3 Å². The Hall–Kier alpha value is -0.400. The lowest BCUT2D eigenvalue weighted by Gasteiger charge is -2.19. The summed E-state index contributed by atoms with van der Waals surface area (Å²) in [5, 5.41) is 11.6. The van der Waals surface area contributed by atoms with E-state index in [9.17, 15) is 4.79 Å². The quantitative estimate of drug-likeness (QED) is 0.515. The number of aliphatic carboxylic acids is 1. The van der Waals surface area contributed by atoms with Gasteiger partial charge in [-0.2, -0.15) is 0 Å². The number of carboxylic acid groups (broad SMARTS) is 1. The minimum Gasteiger partial charge on any atom is -0.480 e. The van der Waals surface area contributed by atoms with Crippen molar-refractivity contribution in [2.24, 2.45) is 5.92 Å². The number of rotatable bonds is 3. The number of carbonyl (C=O) groups is 1. The summed E-state index contributed by atoms with van der Waals surface area (Å²) >= 11 is 0. The van der Waals surface area contributed by atoms with E-state index in [0.717, 1.165) is 24.8 Å². The molecule has 1 rings (SSSR count). The van der Waals surface area contributed by atoms with Gasteiger partial charge >= 0.3 is 5.97 Å². The van der Waals surface area contributed by atoms with E-state index in [4.69, 9.17) is 5.11 Å². The van der Waals surface area contributed by atoms with Crippen LogP contribution in [0.4, 0.5) is 0 Å². The summed E-state index contributed by atoms with van der Waals surface area (Å²) in [4.78, 5) is 10.7. The van der Waals surface area contributed by atoms with Crippen LogP contribution in [0.2, 0.25) is 0 Å². The van der Waals surface area contributed by atoms with Crippen LogP contribution in [0.3, 0.4) is 0 Å². The van der Waals surface area contributed by atoms with Gasteiger partial charge in [-0.05, 0) is 19.3 Å². The average Bonchev–Trinajstić information content (AvgIpc) is 2.38. The van der Waals surface area contributed by atoms with Gasteiger partial charge in [-0.1, -0.05) is 21.5 Å². The first-order valence-corrected chi connectivity index (χ1v) is 4.61. The molecule has 0 aromatic carbocycles. The normalized spacial score (nSPS) is 25.8. The summed E-state index contributed by atoms with van der Waals surface area (Å²) in [6.07, 6.45) is 2.98. The fourth-order valence-electron chi connectivity index (χ4n) is 1.70. The maximum atomic E-state index is 10.7. The second kappa shape index (κ2) is 4.01. The van der Waals surface area contributed by atoms with E-state index in [2.05, 4.69) is 21.1 Å². The molecule has 0 aromatic rings. The fourth-order valence-corrected chi connectivity index (χ4v) is 2.08. The van der Waals surface area contributed by atoms with Crippen LogP contribution in [0.25, 0.3) is 0 Å². The fraction of sp³-hybridized carbons (Fsp3) is 0.625. The number of hydrogen-bond donors (Lipinski definition) is 2. The van der Waals surface area contributed by atoms with E-state index in [0.29, 0.717) is 0 Å². The SMILES string of the molecule is C=C1CCC[C@@H]1[C@@H](NP)C(=O)O. The van der Waals surface area contributed by atoms with Crippen LogP contribution in [0.5, 0.6) is 0 Å². The zero-order valence-electron chi connectivity index (χ0n) is 6.92. The van der Waals surface area contributed by atoms with Gasteiger partial charge in [0.1, 0.15) is 6.04 Å². The highest BCUT2D eigenvalue weighted by molar-refractivity contribution is 7.13. The predicted octanol–water partition coefficient (Wildman–Crippen LogP) is 1.18. The number of nitrogens with one attached hydrogen (secondary N) is 1. The molecular weight excluding hydrogens is 173 g/mol. The van der Waals surface area contributed by atoms with Crippen molar-refractivity contribution in [3.63, 3.8) is 0 Å². The lowest BCUT2D eigenvalue weighted by Crippen LogP contribution is -2.37. The third-order valence-corrected chi connectivity index (χ3v) is 2.74. The van der Waals surface area contributed by atoms with Crippen LogP contribution in [0.1, 0.15) is 19.3 Å². The van der Waals surface area contributed by atoms with Crippen LogP contribution in [-0.4, -0.2) is 17.1 Å². The third kappa shape index (κ3) is 1.85. The summed E-state index contributed by atoms with van der Waals surface area (Å²) < 4.78 is 0. The van der Waals surface area contributed by atoms with Crippen LogP contribution in [0.15, 0.2) is 12.2 Å². The number of hydrogen-bond acceptors (Lipinski definition) is 2. The Balaban J connectivity index is 2.65. The number of carboxylic acids is 1. The molecule has 2 N–H and O–H groups in total. The van der Waals surface area contributed by atoms with Gasteiger partial charge < -0.3 is 5.11 Å². The van der Waals surface area contributed by atoms with Gasteiger partial charge in [-0.25, -0.2) is 0 Å². The van der Waals surface area contributed by atoms with Crippen LogP contribution < -0.4 is 5.09 Å². The molecule has 3 atom stereocenters. The molecule has 3 nitrogen and oxygen atoms in total. The first kappa shape index (κ1) is 9.69. The standard InChI is InChI=1S/C8H14NO2P/c1-5-3-2-4-6(5)7(9-12)8(10)11/h6-7,9H,1-4,12H2,(H,10,11)/t6-,7+/m0/s1. The molecule has 0 saturated heterocycles. The highest BCUT2D eigenvalue weighted by Crippen LogP contribution is 2.32. The minimum absolute atomic E-state index is 0.111. The van der Waals surface area contributed by atoms with Crippen molar-refractivity contribution in [1.82, 2.24) is 5.09 Å². The van der Waals surface area contributed by atoms with Crippen LogP contribution >= 0.6 is 9.39 Å². The maximum absolute atomic E-state index is 10.7. The van der Waals surface area contributed by atoms with Crippen LogP contribution in [0, 0.1) is 5.92 Å². The molecule has 1 aliphatic carbocycles. The maximum Gasteiger partial charge on any atom is 0.321 e. The summed E-state index contributed by atoms with van der Waals surface area (Å²) in [5.74, 6) is -0.682. The molecule has 0 aromatic heterocycles. The van der Waals surface area contributed by atoms with E-state index in [1.807, 2.05) is 0 Å². The van der Waals surface area contributed by atoms with Gasteiger partial charge in [0.15, 0.2) is 0 Å². The van der Waals surface area contributed by atoms with Crippen molar-refractivity contribution >= 4 is 15.4 Å². The minimum atomic E-state index is -0.793. The molecule has 1 saturated carbocycles. The molecule has 0 aliphatic heterocycles. The Morgan fingerprint density at radius 2 is 2.50 bits per heavy atom. The highest BCUT2D eigenvalue weighted by Gasteiger charge is 2.31. The van der Waals surface area contributed by atoms with Gasteiger partial charge in [0.05, 0.1) is 0 Å². The second-order valence-corrected chi connectivity index (χ2v) is 3.47. The van der Waals surface area contributed by atoms with Crippen molar-refractivity contribution in [3.05, 3.63) is 12.2 Å². The van der Waals surface area contributed by atoms with Gasteiger partial charge in [-0.3, -0.25) is 9.88 Å². The smallest absolute Gasteiger partial charge is 0.321 e. The Labute approximate surface area is 74.5 Å². The van der Waals surface area contributed by atoms with E-state index < -0.39 is 12.0 Å². The molecule has 0 heterocycles. The lowest BCUT2D eigenvalue weighted by molar-refractivity contribution is -0.139. The Kier molecular flexibility index (Phi) is 3.24. The lowest BCUT2D eigenvalue weighted by atomic mass is 9.96. The van der Waals surface area contributed by atoms with Gasteiger partial charge in [0.25, 0.3) is 0 Å². The van der Waals surface area contributed by atoms with E-state index >= 15 is 0 Å². The molecular formula is C8H14NO2P.